The van der Waals surface area contributed by atoms with Crippen LogP contribution in [0.25, 0.3) is 137 Å². The molecule has 87 heavy (non-hydrogen) atoms. The van der Waals surface area contributed by atoms with Crippen molar-refractivity contribution >= 4 is 149 Å². The first-order valence-electron chi connectivity index (χ1n) is 29.9. The average molecular weight is 1120 g/mol. The maximum Gasteiger partial charge on any atom is 0.159 e. The van der Waals surface area contributed by atoms with E-state index in [2.05, 4.69) is 282 Å². The van der Waals surface area contributed by atoms with Gasteiger partial charge in [0.15, 0.2) is 11.2 Å². The van der Waals surface area contributed by atoms with E-state index in [9.17, 15) is 0 Å². The molecule has 0 saturated carbocycles. The third-order valence-corrected chi connectivity index (χ3v) is 18.5. The maximum atomic E-state index is 6.80. The second-order valence-corrected chi connectivity index (χ2v) is 23.2. The number of aromatic nitrogens is 2. The third-order valence-electron chi connectivity index (χ3n) is 18.5. The van der Waals surface area contributed by atoms with E-state index in [0.29, 0.717) is 0 Å². The highest BCUT2D eigenvalue weighted by atomic mass is 16.3. The number of allylic oxidation sites excluding steroid dienone is 2. The molecule has 410 valence electrons. The summed E-state index contributed by atoms with van der Waals surface area (Å²) in [5, 5.41) is 12.9. The van der Waals surface area contributed by atoms with Crippen molar-refractivity contribution in [3.05, 3.63) is 284 Å². The molecule has 6 heteroatoms. The number of rotatable bonds is 10. The fourth-order valence-electron chi connectivity index (χ4n) is 14.9. The van der Waals surface area contributed by atoms with Crippen LogP contribution in [0.15, 0.2) is 270 Å². The molecule has 0 amide bonds. The molecule has 18 rings (SSSR count). The second-order valence-electron chi connectivity index (χ2n) is 23.2. The minimum absolute atomic E-state index is 0.839. The standard InChI is InChI=1S/C81H54N4O2/c1-5-6-29-55-50(4)86-80-59(55)33-21-39-69(80)82(65-37-16-13-23-48(65)2)53-42-44-67-63(46-53)57-31-19-35-61-74-73(52-27-11-8-12-28-52)79-75(72(51-25-9-7-10-26-51)78(74)84(67)76(57)61)62-36-20-32-58-64-47-54(43-45-68(64)85(79)77(58)62)83(66-38-17-14-24-49(66)3)70-40-22-34-60-56-30-15-18-41-71(56)87-81(60)70/h5-47H,1H2,2-4H3/b29-6-. The zero-order chi connectivity index (χ0) is 57.8. The van der Waals surface area contributed by atoms with E-state index in [1.165, 1.54) is 93.0 Å². The molecule has 0 unspecified atom stereocenters. The lowest BCUT2D eigenvalue weighted by atomic mass is 9.89. The summed E-state index contributed by atoms with van der Waals surface area (Å²) in [6.07, 6.45) is 5.88. The summed E-state index contributed by atoms with van der Waals surface area (Å²) < 4.78 is 18.7. The van der Waals surface area contributed by atoms with E-state index in [0.717, 1.165) is 95.0 Å². The van der Waals surface area contributed by atoms with Crippen LogP contribution in [0, 0.1) is 20.8 Å². The summed E-state index contributed by atoms with van der Waals surface area (Å²) in [7, 11) is 0. The number of furan rings is 2. The number of hydrogen-bond acceptors (Lipinski definition) is 4. The lowest BCUT2D eigenvalue weighted by Gasteiger charge is -2.27. The van der Waals surface area contributed by atoms with Crippen molar-refractivity contribution in [2.75, 3.05) is 9.80 Å². The van der Waals surface area contributed by atoms with Crippen LogP contribution in [0.4, 0.5) is 34.1 Å². The van der Waals surface area contributed by atoms with Gasteiger partial charge in [0, 0.05) is 98.7 Å². The number of fused-ring (bicyclic) bond motifs is 16. The van der Waals surface area contributed by atoms with E-state index in [-0.39, 0.29) is 0 Å². The number of hydrogen-bond donors (Lipinski definition) is 0. The van der Waals surface area contributed by atoms with Crippen LogP contribution in [0.1, 0.15) is 22.5 Å². The van der Waals surface area contributed by atoms with Crippen molar-refractivity contribution in [3.63, 3.8) is 0 Å². The molecule has 18 aromatic rings. The first-order chi connectivity index (χ1) is 42.9. The monoisotopic (exact) mass is 1110 g/mol. The van der Waals surface area contributed by atoms with Crippen LogP contribution < -0.4 is 9.80 Å². The molecule has 6 nitrogen and oxygen atoms in total. The number of nitrogens with zero attached hydrogens (tertiary/aromatic N) is 4. The van der Waals surface area contributed by atoms with Crippen LogP contribution in [0.5, 0.6) is 0 Å². The van der Waals surface area contributed by atoms with E-state index in [4.69, 9.17) is 8.83 Å². The Morgan fingerprint density at radius 2 is 0.805 bits per heavy atom. The van der Waals surface area contributed by atoms with Gasteiger partial charge in [0.05, 0.1) is 44.5 Å². The first kappa shape index (κ1) is 49.1. The van der Waals surface area contributed by atoms with E-state index >= 15 is 0 Å². The molecule has 0 saturated heterocycles. The van der Waals surface area contributed by atoms with Crippen LogP contribution in [-0.2, 0) is 0 Å². The van der Waals surface area contributed by atoms with Crippen molar-refractivity contribution in [3.8, 4) is 22.3 Å². The van der Waals surface area contributed by atoms with Gasteiger partial charge in [-0.1, -0.05) is 201 Å². The maximum absolute atomic E-state index is 6.80. The van der Waals surface area contributed by atoms with Gasteiger partial charge in [-0.15, -0.1) is 0 Å². The molecule has 0 atom stereocenters. The summed E-state index contributed by atoms with van der Waals surface area (Å²) in [6, 6.07) is 89.0. The van der Waals surface area contributed by atoms with Crippen LogP contribution in [-0.4, -0.2) is 8.80 Å². The normalized spacial score (nSPS) is 12.3. The van der Waals surface area contributed by atoms with Gasteiger partial charge in [-0.3, -0.25) is 0 Å². The molecule has 0 aliphatic heterocycles. The Hall–Kier alpha value is -11.3. The van der Waals surface area contributed by atoms with Gasteiger partial charge in [-0.05, 0) is 110 Å². The molecule has 6 heterocycles. The molecular weight excluding hydrogens is 1060 g/mol. The zero-order valence-corrected chi connectivity index (χ0v) is 48.1. The van der Waals surface area contributed by atoms with E-state index < -0.39 is 0 Å². The Bertz CT molecular complexity index is 5900. The van der Waals surface area contributed by atoms with Gasteiger partial charge in [-0.25, -0.2) is 0 Å². The Morgan fingerprint density at radius 3 is 1.34 bits per heavy atom. The van der Waals surface area contributed by atoms with Crippen molar-refractivity contribution in [2.45, 2.75) is 20.8 Å². The Morgan fingerprint density at radius 1 is 0.368 bits per heavy atom. The lowest BCUT2D eigenvalue weighted by molar-refractivity contribution is 0.578. The highest BCUT2D eigenvalue weighted by Crippen LogP contribution is 2.55. The quantitative estimate of drug-likeness (QED) is 0.128. The second kappa shape index (κ2) is 18.6. The minimum Gasteiger partial charge on any atom is -0.459 e. The molecule has 0 fully saturated rings. The van der Waals surface area contributed by atoms with E-state index in [1.807, 2.05) is 25.1 Å². The number of para-hydroxylation sites is 7. The summed E-state index contributed by atoms with van der Waals surface area (Å²) in [4.78, 5) is 4.78. The fourth-order valence-corrected chi connectivity index (χ4v) is 14.9. The smallest absolute Gasteiger partial charge is 0.159 e. The highest BCUT2D eigenvalue weighted by Gasteiger charge is 2.32. The predicted octanol–water partition coefficient (Wildman–Crippen LogP) is 23.0. The summed E-state index contributed by atoms with van der Waals surface area (Å²) in [6.45, 7) is 10.4. The van der Waals surface area contributed by atoms with Crippen molar-refractivity contribution < 1.29 is 8.83 Å². The molecule has 0 bridgehead atoms. The van der Waals surface area contributed by atoms with Gasteiger partial charge in [-0.2, -0.15) is 0 Å². The van der Waals surface area contributed by atoms with Gasteiger partial charge >= 0.3 is 0 Å². The fraction of sp³-hybridized carbons (Fsp3) is 0.0370. The Kier molecular flexibility index (Phi) is 10.5. The molecule has 0 spiro atoms. The molecule has 0 N–H and O–H groups in total. The van der Waals surface area contributed by atoms with Gasteiger partial charge in [0.2, 0.25) is 0 Å². The van der Waals surface area contributed by atoms with Gasteiger partial charge < -0.3 is 27.4 Å². The first-order valence-corrected chi connectivity index (χ1v) is 29.9. The molecule has 12 aromatic carbocycles. The molecule has 0 radical (unpaired) electrons. The largest absolute Gasteiger partial charge is 0.459 e. The zero-order valence-electron chi connectivity index (χ0n) is 48.1. The lowest BCUT2D eigenvalue weighted by Crippen LogP contribution is -2.11. The Balaban J connectivity index is 0.936. The van der Waals surface area contributed by atoms with Crippen molar-refractivity contribution in [1.82, 2.24) is 8.80 Å². The average Bonchev–Trinajstić information content (AvgIpc) is 1.51. The summed E-state index contributed by atoms with van der Waals surface area (Å²) in [5.74, 6) is 0.864. The van der Waals surface area contributed by atoms with Crippen molar-refractivity contribution in [2.24, 2.45) is 0 Å². The van der Waals surface area contributed by atoms with Crippen molar-refractivity contribution in [1.29, 1.82) is 0 Å². The summed E-state index contributed by atoms with van der Waals surface area (Å²) in [5.41, 5.74) is 24.1. The number of benzene rings is 12. The van der Waals surface area contributed by atoms with Crippen LogP contribution in [0.2, 0.25) is 0 Å². The third kappa shape index (κ3) is 6.86. The highest BCUT2D eigenvalue weighted by molar-refractivity contribution is 6.38. The van der Waals surface area contributed by atoms with Gasteiger partial charge in [0.25, 0.3) is 0 Å². The van der Waals surface area contributed by atoms with Crippen LogP contribution >= 0.6 is 0 Å². The minimum atomic E-state index is 0.839. The topological polar surface area (TPSA) is 41.6 Å². The molecule has 6 aromatic heterocycles. The summed E-state index contributed by atoms with van der Waals surface area (Å²) >= 11 is 0. The molecular formula is C81H54N4O2. The van der Waals surface area contributed by atoms with E-state index in [1.54, 1.807) is 0 Å². The van der Waals surface area contributed by atoms with Gasteiger partial charge in [0.1, 0.15) is 11.3 Å². The molecule has 0 aliphatic rings. The number of anilines is 6. The Labute approximate surface area is 500 Å². The predicted molar refractivity (Wildman–Crippen MR) is 366 cm³/mol. The van der Waals surface area contributed by atoms with Crippen LogP contribution in [0.3, 0.4) is 0 Å². The molecule has 0 aliphatic carbocycles. The number of aryl methyl sites for hydroxylation is 3. The SMILES string of the molecule is C=C/C=C\c1c(C)oc2c(N(c3ccc4c(c3)c3cccc5c6c(-c7ccccc7)c7c(c(-c8ccccc8)c6n4c35)c3cccc4c5cc(N(c6ccccc6C)c6cccc8c6oc6ccccc68)ccc5n7c43)c3ccccc3C)cccc12.